The van der Waals surface area contributed by atoms with Crippen molar-refractivity contribution in [2.45, 2.75) is 45.6 Å². The molecule has 3 heterocycles. The summed E-state index contributed by atoms with van der Waals surface area (Å²) in [5.41, 5.74) is 1.84. The van der Waals surface area contributed by atoms with Crippen molar-refractivity contribution < 1.29 is 14.0 Å². The lowest BCUT2D eigenvalue weighted by molar-refractivity contribution is 0.0821. The molecule has 2 N–H and O–H groups in total. The minimum Gasteiger partial charge on any atom is -0.335 e. The number of carbonyl (C=O) groups is 2. The fourth-order valence-electron chi connectivity index (χ4n) is 5.87. The van der Waals surface area contributed by atoms with Gasteiger partial charge in [0.05, 0.1) is 10.6 Å². The number of halogens is 1. The van der Waals surface area contributed by atoms with Gasteiger partial charge >= 0.3 is 6.03 Å². The fourth-order valence-corrected chi connectivity index (χ4v) is 6.73. The highest BCUT2D eigenvalue weighted by molar-refractivity contribution is 7.17. The number of aromatic nitrogens is 1. The number of rotatable bonds is 10. The number of Topliss-reactive ketones (excluding diaryl/α,β-unsaturated/α-hetero) is 1. The van der Waals surface area contributed by atoms with Crippen LogP contribution in [0.1, 0.15) is 47.1 Å². The van der Waals surface area contributed by atoms with E-state index in [1.807, 2.05) is 12.1 Å². The maximum Gasteiger partial charge on any atom is 0.321 e. The summed E-state index contributed by atoms with van der Waals surface area (Å²) in [5.74, 6) is 0.632. The molecule has 0 aliphatic carbocycles. The predicted molar refractivity (Wildman–Crippen MR) is 155 cm³/mol. The summed E-state index contributed by atoms with van der Waals surface area (Å²) < 4.78 is 13.4. The van der Waals surface area contributed by atoms with Crippen LogP contribution in [0.4, 0.5) is 14.3 Å². The number of nitrogens with zero attached hydrogens (tertiary/aromatic N) is 4. The van der Waals surface area contributed by atoms with E-state index < -0.39 is 0 Å². The maximum absolute atomic E-state index is 13.4. The molecule has 1 aromatic carbocycles. The molecule has 10 heteroatoms. The summed E-state index contributed by atoms with van der Waals surface area (Å²) in [6.07, 6.45) is 4.21. The van der Waals surface area contributed by atoms with Gasteiger partial charge in [0.1, 0.15) is 5.82 Å². The van der Waals surface area contributed by atoms with Crippen LogP contribution in [0.3, 0.4) is 0 Å². The molecule has 0 unspecified atom stereocenters. The molecule has 4 rings (SSSR count). The van der Waals surface area contributed by atoms with Gasteiger partial charge in [-0.15, -0.1) is 0 Å². The monoisotopic (exact) mass is 558 g/mol. The average Bonchev–Trinajstić information content (AvgIpc) is 3.25. The van der Waals surface area contributed by atoms with E-state index in [1.165, 1.54) is 30.2 Å². The minimum atomic E-state index is -0.261. The molecular formula is C29H43FN6O2S. The first-order valence-electron chi connectivity index (χ1n) is 14.1. The molecule has 2 aliphatic heterocycles. The second-order valence-corrected chi connectivity index (χ2v) is 12.4. The molecule has 0 bridgehead atoms. The van der Waals surface area contributed by atoms with Gasteiger partial charge in [0.25, 0.3) is 0 Å². The molecule has 2 aliphatic rings. The van der Waals surface area contributed by atoms with E-state index in [0.717, 1.165) is 65.1 Å². The molecule has 2 fully saturated rings. The van der Waals surface area contributed by atoms with E-state index in [-0.39, 0.29) is 23.7 Å². The van der Waals surface area contributed by atoms with Crippen molar-refractivity contribution in [1.82, 2.24) is 25.0 Å². The normalized spacial score (nSPS) is 22.7. The van der Waals surface area contributed by atoms with Crippen molar-refractivity contribution in [2.24, 2.45) is 11.8 Å². The van der Waals surface area contributed by atoms with Gasteiger partial charge in [-0.1, -0.05) is 23.5 Å². The zero-order valence-electron chi connectivity index (χ0n) is 23.7. The zero-order valence-corrected chi connectivity index (χ0v) is 24.5. The first-order valence-corrected chi connectivity index (χ1v) is 14.9. The molecule has 39 heavy (non-hydrogen) atoms. The molecule has 2 saturated heterocycles. The Kier molecular flexibility index (Phi) is 10.5. The fraction of sp³-hybridized carbons (Fsp3) is 0.621. The lowest BCUT2D eigenvalue weighted by atomic mass is 9.88. The minimum absolute atomic E-state index is 0.0390. The Hall–Kier alpha value is -2.40. The number of carbonyl (C=O) groups excluding carboxylic acids is 2. The van der Waals surface area contributed by atoms with Crippen LogP contribution in [0.15, 0.2) is 24.3 Å². The highest BCUT2D eigenvalue weighted by atomic mass is 32.1. The van der Waals surface area contributed by atoms with Gasteiger partial charge in [0, 0.05) is 58.2 Å². The Balaban J connectivity index is 1.38. The molecule has 8 nitrogen and oxygen atoms in total. The number of hydrogen-bond acceptors (Lipinski definition) is 7. The number of urea groups is 1. The van der Waals surface area contributed by atoms with E-state index in [0.29, 0.717) is 27.5 Å². The number of aryl methyl sites for hydroxylation is 1. The topological polar surface area (TPSA) is 80.8 Å². The van der Waals surface area contributed by atoms with E-state index >= 15 is 0 Å². The van der Waals surface area contributed by atoms with Crippen molar-refractivity contribution in [3.05, 3.63) is 46.2 Å². The van der Waals surface area contributed by atoms with Gasteiger partial charge < -0.3 is 20.0 Å². The van der Waals surface area contributed by atoms with Crippen molar-refractivity contribution >= 4 is 28.3 Å². The Morgan fingerprint density at radius 2 is 1.90 bits per heavy atom. The Morgan fingerprint density at radius 3 is 2.59 bits per heavy atom. The number of benzene rings is 1. The third kappa shape index (κ3) is 8.79. The van der Waals surface area contributed by atoms with E-state index in [9.17, 15) is 14.0 Å². The Labute approximate surface area is 236 Å². The second kappa shape index (κ2) is 13.8. The SMILES string of the molecule is CC(=O)c1sc(NC(=O)N[C@@H]2CCN(CCN(C)C)C[C@H]2CN2CCC[C@@H](Cc3ccc(F)cc3)C2)nc1C. The number of likely N-dealkylation sites (N-methyl/N-ethyl adjacent to an activating group) is 1. The predicted octanol–water partition coefficient (Wildman–Crippen LogP) is 4.12. The quantitative estimate of drug-likeness (QED) is 0.427. The largest absolute Gasteiger partial charge is 0.335 e. The van der Waals surface area contributed by atoms with Gasteiger partial charge in [0.2, 0.25) is 0 Å². The molecule has 0 radical (unpaired) electrons. The molecule has 2 aromatic rings. The first kappa shape index (κ1) is 29.6. The lowest BCUT2D eigenvalue weighted by Crippen LogP contribution is -2.56. The highest BCUT2D eigenvalue weighted by Crippen LogP contribution is 2.26. The molecule has 2 amide bonds. The molecule has 0 saturated carbocycles. The van der Waals surface area contributed by atoms with Gasteiger partial charge in [0.15, 0.2) is 10.9 Å². The van der Waals surface area contributed by atoms with Crippen LogP contribution in [0.2, 0.25) is 0 Å². The molecule has 3 atom stereocenters. The van der Waals surface area contributed by atoms with Crippen LogP contribution < -0.4 is 10.6 Å². The standard InChI is InChI=1S/C29H43FN6O2S/c1-20-27(21(2)37)39-29(31-20)33-28(38)32-26-11-13-35(15-14-34(3)4)18-24(26)19-36-12-5-6-23(17-36)16-22-7-9-25(30)10-8-22/h7-10,23-24,26H,5-6,11-19H2,1-4H3,(H2,31,32,33,38)/t23-,24-,26+/m0/s1. The highest BCUT2D eigenvalue weighted by Gasteiger charge is 2.33. The van der Waals surface area contributed by atoms with Crippen LogP contribution in [0.25, 0.3) is 0 Å². The summed E-state index contributed by atoms with van der Waals surface area (Å²) >= 11 is 1.22. The van der Waals surface area contributed by atoms with Gasteiger partial charge in [-0.2, -0.15) is 0 Å². The third-order valence-corrected chi connectivity index (χ3v) is 9.04. The molecule has 0 spiro atoms. The number of likely N-dealkylation sites (tertiary alicyclic amines) is 2. The molecule has 1 aromatic heterocycles. The van der Waals surface area contributed by atoms with E-state index in [1.54, 1.807) is 19.1 Å². The second-order valence-electron chi connectivity index (χ2n) is 11.4. The Bertz CT molecular complexity index is 1110. The number of nitrogens with one attached hydrogen (secondary N) is 2. The van der Waals surface area contributed by atoms with Crippen LogP contribution in [0.5, 0.6) is 0 Å². The summed E-state index contributed by atoms with van der Waals surface area (Å²) in [6.45, 7) is 10.3. The first-order chi connectivity index (χ1) is 18.7. The average molecular weight is 559 g/mol. The Morgan fingerprint density at radius 1 is 1.13 bits per heavy atom. The number of piperidine rings is 2. The van der Waals surface area contributed by atoms with Crippen LogP contribution in [0, 0.1) is 24.6 Å². The number of hydrogen-bond donors (Lipinski definition) is 2. The lowest BCUT2D eigenvalue weighted by Gasteiger charge is -2.43. The van der Waals surface area contributed by atoms with Gasteiger partial charge in [-0.25, -0.2) is 14.2 Å². The summed E-state index contributed by atoms with van der Waals surface area (Å²) in [4.78, 5) is 37.0. The number of amides is 2. The molecule has 214 valence electrons. The summed E-state index contributed by atoms with van der Waals surface area (Å²) in [7, 11) is 4.20. The number of ketones is 1. The van der Waals surface area contributed by atoms with Crippen molar-refractivity contribution in [1.29, 1.82) is 0 Å². The van der Waals surface area contributed by atoms with Crippen LogP contribution in [-0.2, 0) is 6.42 Å². The summed E-state index contributed by atoms with van der Waals surface area (Å²) in [6, 6.07) is 6.71. The van der Waals surface area contributed by atoms with Gasteiger partial charge in [-0.3, -0.25) is 10.1 Å². The maximum atomic E-state index is 13.4. The van der Waals surface area contributed by atoms with Gasteiger partial charge in [-0.05, 0) is 76.9 Å². The smallest absolute Gasteiger partial charge is 0.321 e. The number of anilines is 1. The van der Waals surface area contributed by atoms with Crippen LogP contribution in [-0.4, -0.2) is 97.4 Å². The molecular weight excluding hydrogens is 515 g/mol. The van der Waals surface area contributed by atoms with Crippen molar-refractivity contribution in [3.63, 3.8) is 0 Å². The van der Waals surface area contributed by atoms with E-state index in [2.05, 4.69) is 44.4 Å². The van der Waals surface area contributed by atoms with Crippen molar-refractivity contribution in [3.8, 4) is 0 Å². The van der Waals surface area contributed by atoms with Crippen molar-refractivity contribution in [2.75, 3.05) is 65.2 Å². The number of thiazole rings is 1. The third-order valence-electron chi connectivity index (χ3n) is 7.87. The van der Waals surface area contributed by atoms with E-state index in [4.69, 9.17) is 0 Å². The van der Waals surface area contributed by atoms with Crippen LogP contribution >= 0.6 is 11.3 Å². The summed E-state index contributed by atoms with van der Waals surface area (Å²) in [5, 5.41) is 6.56. The zero-order chi connectivity index (χ0) is 27.9.